The Morgan fingerprint density at radius 3 is 2.74 bits per heavy atom. The van der Waals surface area contributed by atoms with Crippen LogP contribution < -0.4 is 10.5 Å². The van der Waals surface area contributed by atoms with Crippen LogP contribution in [0.5, 0.6) is 5.75 Å². The van der Waals surface area contributed by atoms with Crippen molar-refractivity contribution in [1.29, 1.82) is 0 Å². The molecule has 1 aromatic heterocycles. The van der Waals surface area contributed by atoms with Crippen molar-refractivity contribution in [2.24, 2.45) is 5.73 Å². The van der Waals surface area contributed by atoms with Crippen LogP contribution in [-0.2, 0) is 13.1 Å². The first-order chi connectivity index (χ1) is 9.22. The van der Waals surface area contributed by atoms with Gasteiger partial charge in [0.2, 0.25) is 0 Å². The van der Waals surface area contributed by atoms with Gasteiger partial charge in [-0.15, -0.1) is 5.10 Å². The zero-order chi connectivity index (χ0) is 13.7. The fourth-order valence-corrected chi connectivity index (χ4v) is 1.65. The molecular weight excluding hydrogens is 248 g/mol. The molecule has 0 radical (unpaired) electrons. The van der Waals surface area contributed by atoms with Gasteiger partial charge in [0.25, 0.3) is 0 Å². The Kier molecular flexibility index (Phi) is 4.09. The van der Waals surface area contributed by atoms with Gasteiger partial charge in [0.1, 0.15) is 12.4 Å². The van der Waals surface area contributed by atoms with E-state index >= 15 is 0 Å². The summed E-state index contributed by atoms with van der Waals surface area (Å²) in [6, 6.07) is 9.33. The fourth-order valence-electron chi connectivity index (χ4n) is 1.65. The van der Waals surface area contributed by atoms with E-state index in [4.69, 9.17) is 15.6 Å². The summed E-state index contributed by atoms with van der Waals surface area (Å²) in [4.78, 5) is 10.9. The molecule has 19 heavy (non-hydrogen) atoms. The number of aromatic carboxylic acids is 1. The molecule has 0 fully saturated rings. The van der Waals surface area contributed by atoms with E-state index in [1.807, 2.05) is 30.3 Å². The summed E-state index contributed by atoms with van der Waals surface area (Å²) in [6.07, 6.45) is 0. The Hall–Kier alpha value is -2.41. The zero-order valence-corrected chi connectivity index (χ0v) is 10.2. The highest BCUT2D eigenvalue weighted by atomic mass is 16.5. The highest BCUT2D eigenvalue weighted by Crippen LogP contribution is 2.09. The third kappa shape index (κ3) is 3.08. The molecule has 100 valence electrons. The highest BCUT2D eigenvalue weighted by Gasteiger charge is 2.17. The summed E-state index contributed by atoms with van der Waals surface area (Å²) in [5.41, 5.74) is 5.80. The van der Waals surface area contributed by atoms with E-state index in [0.29, 0.717) is 18.8 Å². The molecule has 0 saturated carbocycles. The Morgan fingerprint density at radius 2 is 2.11 bits per heavy atom. The van der Waals surface area contributed by atoms with Crippen molar-refractivity contribution < 1.29 is 14.6 Å². The van der Waals surface area contributed by atoms with E-state index in [-0.39, 0.29) is 12.2 Å². The number of nitrogens with zero attached hydrogens (tertiary/aromatic N) is 3. The number of benzene rings is 1. The lowest BCUT2D eigenvalue weighted by Gasteiger charge is -2.07. The van der Waals surface area contributed by atoms with Gasteiger partial charge in [-0.05, 0) is 12.1 Å². The van der Waals surface area contributed by atoms with E-state index < -0.39 is 5.97 Å². The Balaban J connectivity index is 1.98. The van der Waals surface area contributed by atoms with Crippen LogP contribution in [0.4, 0.5) is 0 Å². The predicted molar refractivity (Wildman–Crippen MR) is 66.8 cm³/mol. The van der Waals surface area contributed by atoms with Crippen molar-refractivity contribution in [3.63, 3.8) is 0 Å². The number of hydrogen-bond acceptors (Lipinski definition) is 5. The molecule has 0 bridgehead atoms. The largest absolute Gasteiger partial charge is 0.492 e. The minimum Gasteiger partial charge on any atom is -0.492 e. The SMILES string of the molecule is NCc1c(C(=O)O)nnn1CCOc1ccccc1. The van der Waals surface area contributed by atoms with Crippen LogP contribution in [0.3, 0.4) is 0 Å². The van der Waals surface area contributed by atoms with Gasteiger partial charge >= 0.3 is 5.97 Å². The highest BCUT2D eigenvalue weighted by molar-refractivity contribution is 5.86. The normalized spacial score (nSPS) is 10.4. The molecular formula is C12H14N4O3. The number of aromatic nitrogens is 3. The molecule has 1 heterocycles. The average Bonchev–Trinajstić information content (AvgIpc) is 2.83. The quantitative estimate of drug-likeness (QED) is 0.786. The Labute approximate surface area is 109 Å². The zero-order valence-electron chi connectivity index (χ0n) is 10.2. The van der Waals surface area contributed by atoms with Gasteiger partial charge in [0.05, 0.1) is 12.2 Å². The second-order valence-corrected chi connectivity index (χ2v) is 3.78. The minimum absolute atomic E-state index is 0.0694. The Bertz CT molecular complexity index is 553. The molecule has 2 rings (SSSR count). The molecule has 0 aliphatic carbocycles. The van der Waals surface area contributed by atoms with E-state index in [1.54, 1.807) is 0 Å². The third-order valence-electron chi connectivity index (χ3n) is 2.55. The maximum absolute atomic E-state index is 10.9. The topological polar surface area (TPSA) is 103 Å². The molecule has 3 N–H and O–H groups in total. The maximum atomic E-state index is 10.9. The van der Waals surface area contributed by atoms with Crippen LogP contribution >= 0.6 is 0 Å². The monoisotopic (exact) mass is 262 g/mol. The van der Waals surface area contributed by atoms with Gasteiger partial charge in [0, 0.05) is 6.54 Å². The number of carbonyl (C=O) groups is 1. The van der Waals surface area contributed by atoms with Crippen molar-refractivity contribution in [2.75, 3.05) is 6.61 Å². The lowest BCUT2D eigenvalue weighted by Crippen LogP contribution is -2.16. The van der Waals surface area contributed by atoms with Crippen molar-refractivity contribution >= 4 is 5.97 Å². The average molecular weight is 262 g/mol. The summed E-state index contributed by atoms with van der Waals surface area (Å²) in [5, 5.41) is 16.3. The lowest BCUT2D eigenvalue weighted by molar-refractivity contribution is 0.0689. The van der Waals surface area contributed by atoms with Gasteiger partial charge in [-0.25, -0.2) is 9.48 Å². The molecule has 0 amide bonds. The van der Waals surface area contributed by atoms with Gasteiger partial charge in [-0.3, -0.25) is 0 Å². The molecule has 0 spiro atoms. The summed E-state index contributed by atoms with van der Waals surface area (Å²) in [7, 11) is 0. The van der Waals surface area contributed by atoms with Gasteiger partial charge in [0.15, 0.2) is 5.69 Å². The van der Waals surface area contributed by atoms with Crippen molar-refractivity contribution in [1.82, 2.24) is 15.0 Å². The second-order valence-electron chi connectivity index (χ2n) is 3.78. The molecule has 1 aromatic carbocycles. The molecule has 0 aliphatic rings. The minimum atomic E-state index is -1.13. The van der Waals surface area contributed by atoms with Crippen LogP contribution in [0.15, 0.2) is 30.3 Å². The number of nitrogens with two attached hydrogens (primary N) is 1. The van der Waals surface area contributed by atoms with Crippen LogP contribution in [0.1, 0.15) is 16.2 Å². The van der Waals surface area contributed by atoms with Crippen LogP contribution in [0.2, 0.25) is 0 Å². The first-order valence-electron chi connectivity index (χ1n) is 5.76. The standard InChI is InChI=1S/C12H14N4O3/c13-8-10-11(12(17)18)14-15-16(10)6-7-19-9-4-2-1-3-5-9/h1-5H,6-8,13H2,(H,17,18). The van der Waals surface area contributed by atoms with E-state index in [0.717, 1.165) is 5.75 Å². The molecule has 2 aromatic rings. The number of hydrogen-bond donors (Lipinski definition) is 2. The predicted octanol–water partition coefficient (Wildman–Crippen LogP) is 0.514. The lowest BCUT2D eigenvalue weighted by atomic mass is 10.3. The summed E-state index contributed by atoms with van der Waals surface area (Å²) in [6.45, 7) is 0.821. The van der Waals surface area contributed by atoms with E-state index in [2.05, 4.69) is 10.3 Å². The number of para-hydroxylation sites is 1. The molecule has 0 atom stereocenters. The molecule has 0 aliphatic heterocycles. The number of ether oxygens (including phenoxy) is 1. The third-order valence-corrected chi connectivity index (χ3v) is 2.55. The van der Waals surface area contributed by atoms with Gasteiger partial charge < -0.3 is 15.6 Å². The van der Waals surface area contributed by atoms with Gasteiger partial charge in [-0.2, -0.15) is 0 Å². The van der Waals surface area contributed by atoms with E-state index in [1.165, 1.54) is 4.68 Å². The van der Waals surface area contributed by atoms with Crippen molar-refractivity contribution in [3.05, 3.63) is 41.7 Å². The van der Waals surface area contributed by atoms with E-state index in [9.17, 15) is 4.79 Å². The van der Waals surface area contributed by atoms with Crippen LogP contribution in [0.25, 0.3) is 0 Å². The summed E-state index contributed by atoms with van der Waals surface area (Å²) < 4.78 is 6.95. The van der Waals surface area contributed by atoms with Crippen molar-refractivity contribution in [3.8, 4) is 5.75 Å². The summed E-state index contributed by atoms with van der Waals surface area (Å²) >= 11 is 0. The first kappa shape index (κ1) is 13.0. The Morgan fingerprint density at radius 1 is 1.37 bits per heavy atom. The molecule has 7 heteroatoms. The van der Waals surface area contributed by atoms with Crippen LogP contribution in [-0.4, -0.2) is 32.7 Å². The maximum Gasteiger partial charge on any atom is 0.358 e. The number of rotatable bonds is 6. The fraction of sp³-hybridized carbons (Fsp3) is 0.250. The molecule has 7 nitrogen and oxygen atoms in total. The number of carboxylic acids is 1. The van der Waals surface area contributed by atoms with Gasteiger partial charge in [-0.1, -0.05) is 23.4 Å². The smallest absolute Gasteiger partial charge is 0.358 e. The molecule has 0 saturated heterocycles. The molecule has 0 unspecified atom stereocenters. The second kappa shape index (κ2) is 5.96. The van der Waals surface area contributed by atoms with Crippen molar-refractivity contribution in [2.45, 2.75) is 13.1 Å². The van der Waals surface area contributed by atoms with Crippen LogP contribution in [0, 0.1) is 0 Å². The summed E-state index contributed by atoms with van der Waals surface area (Å²) in [5.74, 6) is -0.383. The first-order valence-corrected chi connectivity index (χ1v) is 5.76. The number of carboxylic acid groups (broad SMARTS) is 1.